The van der Waals surface area contributed by atoms with Gasteiger partial charge in [-0.25, -0.2) is 0 Å². The van der Waals surface area contributed by atoms with Gasteiger partial charge in [0, 0.05) is 18.0 Å². The summed E-state index contributed by atoms with van der Waals surface area (Å²) in [5.41, 5.74) is 0.0949. The lowest BCUT2D eigenvalue weighted by Gasteiger charge is -2.42. The van der Waals surface area contributed by atoms with Crippen molar-refractivity contribution in [3.05, 3.63) is 0 Å². The van der Waals surface area contributed by atoms with Gasteiger partial charge in [0.05, 0.1) is 0 Å². The van der Waals surface area contributed by atoms with Crippen LogP contribution in [0, 0.1) is 0 Å². The molecule has 0 spiro atoms. The monoisotopic (exact) mass is 210 g/mol. The molecule has 2 fully saturated rings. The number of amides is 1. The molecule has 0 aromatic carbocycles. The van der Waals surface area contributed by atoms with Crippen molar-refractivity contribution in [2.45, 2.75) is 51.1 Å². The number of hydrogen-bond donors (Lipinski definition) is 0. The second-order valence-electron chi connectivity index (χ2n) is 5.61. The first-order chi connectivity index (χ1) is 7.00. The van der Waals surface area contributed by atoms with Gasteiger partial charge in [0.15, 0.2) is 0 Å². The van der Waals surface area contributed by atoms with Crippen LogP contribution in [0.5, 0.6) is 0 Å². The number of carbonyl (C=O) groups excluding carboxylic acids is 1. The smallest absolute Gasteiger partial charge is 0.223 e. The van der Waals surface area contributed by atoms with Crippen molar-refractivity contribution in [3.63, 3.8) is 0 Å². The van der Waals surface area contributed by atoms with Crippen molar-refractivity contribution in [1.82, 2.24) is 9.80 Å². The van der Waals surface area contributed by atoms with Crippen molar-refractivity contribution in [2.24, 2.45) is 0 Å². The summed E-state index contributed by atoms with van der Waals surface area (Å²) in [6.07, 6.45) is 4.06. The fraction of sp³-hybridized carbons (Fsp3) is 0.917. The number of hydrogen-bond acceptors (Lipinski definition) is 2. The van der Waals surface area contributed by atoms with Crippen LogP contribution in [0.3, 0.4) is 0 Å². The first-order valence-electron chi connectivity index (χ1n) is 6.01. The van der Waals surface area contributed by atoms with Gasteiger partial charge in [-0.1, -0.05) is 0 Å². The molecule has 0 atom stereocenters. The van der Waals surface area contributed by atoms with Crippen LogP contribution >= 0.6 is 0 Å². The Balaban J connectivity index is 2.06. The molecule has 2 rings (SSSR count). The number of carbonyl (C=O) groups is 1. The van der Waals surface area contributed by atoms with Crippen molar-refractivity contribution in [1.29, 1.82) is 0 Å². The van der Waals surface area contributed by atoms with E-state index in [0.29, 0.717) is 11.9 Å². The summed E-state index contributed by atoms with van der Waals surface area (Å²) in [6, 6.07) is 0.492. The molecule has 0 aromatic heterocycles. The minimum absolute atomic E-state index is 0.0949. The third-order valence-electron chi connectivity index (χ3n) is 3.92. The van der Waals surface area contributed by atoms with E-state index in [9.17, 15) is 4.79 Å². The molecular weight excluding hydrogens is 188 g/mol. The van der Waals surface area contributed by atoms with E-state index in [2.05, 4.69) is 30.7 Å². The maximum Gasteiger partial charge on any atom is 0.223 e. The molecule has 0 N–H and O–H groups in total. The number of rotatable bonds is 1. The van der Waals surface area contributed by atoms with Crippen LogP contribution in [0.1, 0.15) is 39.5 Å². The average molecular weight is 210 g/mol. The maximum absolute atomic E-state index is 11.9. The highest BCUT2D eigenvalue weighted by molar-refractivity contribution is 5.79. The Morgan fingerprint density at radius 1 is 1.27 bits per heavy atom. The van der Waals surface area contributed by atoms with Gasteiger partial charge in [-0.15, -0.1) is 0 Å². The standard InChI is InChI=1S/C12H22N2O/c1-12(2)7-4-11(15)14(12)10-5-8-13(3)9-6-10/h10H,4-9H2,1-3H3. The minimum atomic E-state index is 0.0949. The van der Waals surface area contributed by atoms with Gasteiger partial charge in [-0.2, -0.15) is 0 Å². The lowest BCUT2D eigenvalue weighted by Crippen LogP contribution is -2.51. The summed E-state index contributed by atoms with van der Waals surface area (Å²) in [6.45, 7) is 6.67. The number of piperidine rings is 1. The Hall–Kier alpha value is -0.570. The van der Waals surface area contributed by atoms with E-state index in [0.717, 1.165) is 38.8 Å². The summed E-state index contributed by atoms with van der Waals surface area (Å²) in [5.74, 6) is 0.370. The second-order valence-corrected chi connectivity index (χ2v) is 5.61. The molecule has 2 saturated heterocycles. The molecular formula is C12H22N2O. The zero-order chi connectivity index (χ0) is 11.1. The maximum atomic E-state index is 11.9. The van der Waals surface area contributed by atoms with Crippen LogP contribution in [0.25, 0.3) is 0 Å². The Labute approximate surface area is 92.4 Å². The second kappa shape index (κ2) is 3.78. The third-order valence-corrected chi connectivity index (χ3v) is 3.92. The van der Waals surface area contributed by atoms with E-state index in [1.807, 2.05) is 0 Å². The van der Waals surface area contributed by atoms with Crippen LogP contribution in [-0.4, -0.2) is 47.4 Å². The Bertz CT molecular complexity index is 254. The normalized spacial score (nSPS) is 28.7. The molecule has 0 saturated carbocycles. The van der Waals surface area contributed by atoms with E-state index in [1.54, 1.807) is 0 Å². The Morgan fingerprint density at radius 3 is 2.33 bits per heavy atom. The average Bonchev–Trinajstić information content (AvgIpc) is 2.43. The summed E-state index contributed by atoms with van der Waals surface area (Å²) >= 11 is 0. The zero-order valence-electron chi connectivity index (χ0n) is 10.1. The summed E-state index contributed by atoms with van der Waals surface area (Å²) in [4.78, 5) is 16.4. The molecule has 3 nitrogen and oxygen atoms in total. The van der Waals surface area contributed by atoms with Crippen molar-refractivity contribution in [3.8, 4) is 0 Å². The number of nitrogens with zero attached hydrogens (tertiary/aromatic N) is 2. The lowest BCUT2D eigenvalue weighted by atomic mass is 9.96. The fourth-order valence-electron chi connectivity index (χ4n) is 2.94. The van der Waals surface area contributed by atoms with Gasteiger partial charge < -0.3 is 9.80 Å². The van der Waals surface area contributed by atoms with Gasteiger partial charge >= 0.3 is 0 Å². The van der Waals surface area contributed by atoms with Gasteiger partial charge in [-0.3, -0.25) is 4.79 Å². The highest BCUT2D eigenvalue weighted by Crippen LogP contribution is 2.34. The van der Waals surface area contributed by atoms with Crippen molar-refractivity contribution < 1.29 is 4.79 Å². The molecule has 0 bridgehead atoms. The predicted octanol–water partition coefficient (Wildman–Crippen LogP) is 1.48. The Kier molecular flexibility index (Phi) is 2.75. The molecule has 2 aliphatic rings. The highest BCUT2D eigenvalue weighted by atomic mass is 16.2. The van der Waals surface area contributed by atoms with Crippen molar-refractivity contribution in [2.75, 3.05) is 20.1 Å². The fourth-order valence-corrected chi connectivity index (χ4v) is 2.94. The predicted molar refractivity (Wildman–Crippen MR) is 60.7 cm³/mol. The molecule has 2 heterocycles. The van der Waals surface area contributed by atoms with E-state index >= 15 is 0 Å². The largest absolute Gasteiger partial charge is 0.334 e. The van der Waals surface area contributed by atoms with E-state index in [-0.39, 0.29) is 5.54 Å². The van der Waals surface area contributed by atoms with Gasteiger partial charge in [0.25, 0.3) is 0 Å². The lowest BCUT2D eigenvalue weighted by molar-refractivity contribution is -0.134. The minimum Gasteiger partial charge on any atom is -0.334 e. The van der Waals surface area contributed by atoms with Crippen LogP contribution in [0.2, 0.25) is 0 Å². The van der Waals surface area contributed by atoms with Crippen LogP contribution in [-0.2, 0) is 4.79 Å². The Morgan fingerprint density at radius 2 is 1.87 bits per heavy atom. The summed E-state index contributed by atoms with van der Waals surface area (Å²) in [5, 5.41) is 0. The van der Waals surface area contributed by atoms with Gasteiger partial charge in [-0.05, 0) is 53.2 Å². The molecule has 1 amide bonds. The van der Waals surface area contributed by atoms with Crippen LogP contribution in [0.15, 0.2) is 0 Å². The molecule has 0 unspecified atom stereocenters. The SMILES string of the molecule is CN1CCC(N2C(=O)CCC2(C)C)CC1. The molecule has 86 valence electrons. The highest BCUT2D eigenvalue weighted by Gasteiger charge is 2.42. The zero-order valence-corrected chi connectivity index (χ0v) is 10.1. The molecule has 0 aromatic rings. The topological polar surface area (TPSA) is 23.6 Å². The van der Waals surface area contributed by atoms with Gasteiger partial charge in [0.1, 0.15) is 0 Å². The first-order valence-corrected chi connectivity index (χ1v) is 6.01. The summed E-state index contributed by atoms with van der Waals surface area (Å²) < 4.78 is 0. The molecule has 2 aliphatic heterocycles. The van der Waals surface area contributed by atoms with E-state index in [4.69, 9.17) is 0 Å². The quantitative estimate of drug-likeness (QED) is 0.654. The van der Waals surface area contributed by atoms with E-state index < -0.39 is 0 Å². The summed E-state index contributed by atoms with van der Waals surface area (Å²) in [7, 11) is 2.16. The third kappa shape index (κ3) is 2.03. The molecule has 0 radical (unpaired) electrons. The van der Waals surface area contributed by atoms with Gasteiger partial charge in [0.2, 0.25) is 5.91 Å². The molecule has 15 heavy (non-hydrogen) atoms. The van der Waals surface area contributed by atoms with E-state index in [1.165, 1.54) is 0 Å². The number of likely N-dealkylation sites (tertiary alicyclic amines) is 2. The van der Waals surface area contributed by atoms with Crippen LogP contribution in [0.4, 0.5) is 0 Å². The molecule has 3 heteroatoms. The first kappa shape index (κ1) is 10.9. The van der Waals surface area contributed by atoms with Crippen LogP contribution < -0.4 is 0 Å². The molecule has 0 aliphatic carbocycles. The van der Waals surface area contributed by atoms with Crippen molar-refractivity contribution >= 4 is 5.91 Å².